The number of aliphatic hydroxyl groups excluding tert-OH is 1. The molecule has 10 heteroatoms. The van der Waals surface area contributed by atoms with Crippen molar-refractivity contribution >= 4 is 57.7 Å². The minimum absolute atomic E-state index is 0.0251. The number of anilines is 3. The number of nitrogens with zero attached hydrogens (tertiary/aromatic N) is 3. The van der Waals surface area contributed by atoms with Crippen LogP contribution in [-0.4, -0.2) is 58.2 Å². The Labute approximate surface area is 250 Å². The van der Waals surface area contributed by atoms with E-state index in [-0.39, 0.29) is 32.7 Å². The molecule has 1 aliphatic rings. The zero-order chi connectivity index (χ0) is 30.0. The highest BCUT2D eigenvalue weighted by Gasteiger charge is 2.47. The minimum atomic E-state index is -0.935. The summed E-state index contributed by atoms with van der Waals surface area (Å²) in [5.41, 5.74) is 3.03. The van der Waals surface area contributed by atoms with Gasteiger partial charge in [-0.2, -0.15) is 0 Å². The monoisotopic (exact) mass is 597 g/mol. The van der Waals surface area contributed by atoms with Gasteiger partial charge in [-0.3, -0.25) is 14.5 Å². The number of carbonyl (C=O) groups is 2. The van der Waals surface area contributed by atoms with E-state index >= 15 is 0 Å². The number of ketones is 1. The lowest BCUT2D eigenvalue weighted by Crippen LogP contribution is -2.29. The first-order chi connectivity index (χ1) is 19.6. The molecule has 1 fully saturated rings. The van der Waals surface area contributed by atoms with Crippen LogP contribution in [0.15, 0.2) is 60.2 Å². The van der Waals surface area contributed by atoms with E-state index in [4.69, 9.17) is 32.7 Å². The number of halogens is 2. The van der Waals surface area contributed by atoms with Gasteiger partial charge in [-0.25, -0.2) is 0 Å². The molecule has 0 saturated carbocycles. The lowest BCUT2D eigenvalue weighted by molar-refractivity contribution is -0.132. The van der Waals surface area contributed by atoms with Gasteiger partial charge < -0.3 is 24.4 Å². The van der Waals surface area contributed by atoms with Crippen LogP contribution in [0.3, 0.4) is 0 Å². The maximum Gasteiger partial charge on any atom is 0.300 e. The fourth-order valence-electron chi connectivity index (χ4n) is 5.07. The van der Waals surface area contributed by atoms with Crippen LogP contribution in [0.2, 0.25) is 10.0 Å². The number of aliphatic hydroxyl groups is 1. The number of methoxy groups -OCH3 is 2. The van der Waals surface area contributed by atoms with Gasteiger partial charge in [-0.15, -0.1) is 0 Å². The van der Waals surface area contributed by atoms with Gasteiger partial charge in [0.15, 0.2) is 11.5 Å². The summed E-state index contributed by atoms with van der Waals surface area (Å²) in [6, 6.07) is 15.4. The second kappa shape index (κ2) is 12.3. The number of rotatable bonds is 9. The molecule has 1 saturated heterocycles. The Morgan fingerprint density at radius 3 is 1.98 bits per heavy atom. The van der Waals surface area contributed by atoms with Crippen LogP contribution < -0.4 is 24.2 Å². The van der Waals surface area contributed by atoms with E-state index in [0.717, 1.165) is 24.5 Å². The molecule has 4 rings (SSSR count). The van der Waals surface area contributed by atoms with Crippen molar-refractivity contribution in [3.63, 3.8) is 0 Å². The Bertz CT molecular complexity index is 1480. The molecule has 1 heterocycles. The Kier molecular flexibility index (Phi) is 9.05. The average molecular weight is 599 g/mol. The van der Waals surface area contributed by atoms with Crippen LogP contribution >= 0.6 is 23.2 Å². The average Bonchev–Trinajstić information content (AvgIpc) is 3.23. The maximum atomic E-state index is 13.7. The molecule has 3 aromatic rings. The third kappa shape index (κ3) is 5.42. The number of Topliss-reactive ketones (excluding diaryl/α,β-unsaturated/α-hetero) is 1. The van der Waals surface area contributed by atoms with Gasteiger partial charge >= 0.3 is 0 Å². The summed E-state index contributed by atoms with van der Waals surface area (Å²) in [5, 5.41) is 11.8. The molecule has 0 aromatic heterocycles. The lowest BCUT2D eigenvalue weighted by Gasteiger charge is -2.27. The van der Waals surface area contributed by atoms with Crippen LogP contribution in [0.25, 0.3) is 5.76 Å². The second-order valence-electron chi connectivity index (χ2n) is 9.63. The molecule has 41 heavy (non-hydrogen) atoms. The summed E-state index contributed by atoms with van der Waals surface area (Å²) in [6.07, 6.45) is 0. The summed E-state index contributed by atoms with van der Waals surface area (Å²) < 4.78 is 10.8. The number of hydrogen-bond donors (Lipinski definition) is 1. The molecule has 1 N–H and O–H groups in total. The third-order valence-electron chi connectivity index (χ3n) is 7.22. The minimum Gasteiger partial charge on any atom is -0.507 e. The molecule has 1 atom stereocenters. The zero-order valence-corrected chi connectivity index (χ0v) is 25.4. The van der Waals surface area contributed by atoms with Gasteiger partial charge in [-0.05, 0) is 61.9 Å². The molecule has 1 unspecified atom stereocenters. The van der Waals surface area contributed by atoms with Crippen LogP contribution in [-0.2, 0) is 9.59 Å². The van der Waals surface area contributed by atoms with Gasteiger partial charge in [0.1, 0.15) is 10.8 Å². The number of hydrogen-bond acceptors (Lipinski definition) is 7. The van der Waals surface area contributed by atoms with Crippen molar-refractivity contribution in [1.82, 2.24) is 0 Å². The van der Waals surface area contributed by atoms with E-state index < -0.39 is 23.5 Å². The molecular weight excluding hydrogens is 565 g/mol. The normalized spacial score (nSPS) is 16.2. The first-order valence-electron chi connectivity index (χ1n) is 13.1. The molecule has 3 aromatic carbocycles. The first kappa shape index (κ1) is 30.1. The van der Waals surface area contributed by atoms with Crippen molar-refractivity contribution in [2.24, 2.45) is 0 Å². The van der Waals surface area contributed by atoms with Crippen molar-refractivity contribution in [1.29, 1.82) is 0 Å². The summed E-state index contributed by atoms with van der Waals surface area (Å²) in [4.78, 5) is 32.8. The quantitative estimate of drug-likeness (QED) is 0.170. The van der Waals surface area contributed by atoms with E-state index in [9.17, 15) is 14.7 Å². The largest absolute Gasteiger partial charge is 0.507 e. The topological polar surface area (TPSA) is 82.6 Å². The van der Waals surface area contributed by atoms with Gasteiger partial charge in [0.2, 0.25) is 0 Å². The van der Waals surface area contributed by atoms with E-state index in [1.807, 2.05) is 67.5 Å². The second-order valence-corrected chi connectivity index (χ2v) is 10.4. The lowest BCUT2D eigenvalue weighted by atomic mass is 9.94. The Balaban J connectivity index is 1.95. The summed E-state index contributed by atoms with van der Waals surface area (Å²) in [5.74, 6) is -1.86. The molecular formula is C31H33Cl2N3O5. The highest BCUT2D eigenvalue weighted by molar-refractivity contribution is 6.52. The fraction of sp³-hybridized carbons (Fsp3) is 0.290. The Hall–Kier alpha value is -3.88. The third-order valence-corrected chi connectivity index (χ3v) is 7.84. The van der Waals surface area contributed by atoms with Gasteiger partial charge in [0.25, 0.3) is 11.7 Å². The predicted molar refractivity (Wildman–Crippen MR) is 165 cm³/mol. The molecule has 0 radical (unpaired) electrons. The van der Waals surface area contributed by atoms with Crippen LogP contribution in [0.1, 0.15) is 31.0 Å². The molecule has 8 nitrogen and oxygen atoms in total. The fourth-order valence-corrected chi connectivity index (χ4v) is 5.76. The van der Waals surface area contributed by atoms with E-state index in [1.54, 1.807) is 0 Å². The highest BCUT2D eigenvalue weighted by Crippen LogP contribution is 2.48. The van der Waals surface area contributed by atoms with E-state index in [2.05, 4.69) is 18.7 Å². The van der Waals surface area contributed by atoms with Crippen molar-refractivity contribution in [3.8, 4) is 11.5 Å². The molecule has 1 amide bonds. The zero-order valence-electron chi connectivity index (χ0n) is 23.9. The Morgan fingerprint density at radius 2 is 1.46 bits per heavy atom. The number of carbonyl (C=O) groups excluding carboxylic acids is 2. The van der Waals surface area contributed by atoms with E-state index in [0.29, 0.717) is 11.3 Å². The molecule has 0 aliphatic carbocycles. The summed E-state index contributed by atoms with van der Waals surface area (Å²) >= 11 is 12.9. The number of amides is 1. The number of ether oxygens (including phenoxy) is 2. The summed E-state index contributed by atoms with van der Waals surface area (Å²) in [7, 11) is 6.61. The standard InChI is InChI=1S/C31H33Cl2N3O5/c1-7-35(8-2)20-13-15-21(16-14-20)36-26(18-9-11-19(12-10-18)34(3)4)24(28(38)31(36)39)27(37)22-17-23(32)30(41-6)25(33)29(22)40-5/h9-17,26,37H,7-8H2,1-6H3/b27-24+. The highest BCUT2D eigenvalue weighted by atomic mass is 35.5. The van der Waals surface area contributed by atoms with E-state index in [1.165, 1.54) is 25.2 Å². The Morgan fingerprint density at radius 1 is 0.902 bits per heavy atom. The smallest absolute Gasteiger partial charge is 0.300 e. The van der Waals surface area contributed by atoms with Crippen molar-refractivity contribution in [2.75, 3.05) is 56.1 Å². The van der Waals surface area contributed by atoms with Crippen LogP contribution in [0.5, 0.6) is 11.5 Å². The maximum absolute atomic E-state index is 13.7. The molecule has 216 valence electrons. The van der Waals surface area contributed by atoms with Crippen molar-refractivity contribution in [2.45, 2.75) is 19.9 Å². The van der Waals surface area contributed by atoms with Gasteiger partial charge in [0.05, 0.1) is 36.4 Å². The van der Waals surface area contributed by atoms with Crippen molar-refractivity contribution in [3.05, 3.63) is 81.3 Å². The van der Waals surface area contributed by atoms with Crippen LogP contribution in [0.4, 0.5) is 17.1 Å². The van der Waals surface area contributed by atoms with Gasteiger partial charge in [0, 0.05) is 44.2 Å². The van der Waals surface area contributed by atoms with Gasteiger partial charge in [-0.1, -0.05) is 35.3 Å². The van der Waals surface area contributed by atoms with Crippen molar-refractivity contribution < 1.29 is 24.2 Å². The number of benzene rings is 3. The molecule has 0 spiro atoms. The first-order valence-corrected chi connectivity index (χ1v) is 13.9. The summed E-state index contributed by atoms with van der Waals surface area (Å²) in [6.45, 7) is 5.79. The molecule has 0 bridgehead atoms. The molecule has 1 aliphatic heterocycles. The van der Waals surface area contributed by atoms with Crippen LogP contribution in [0, 0.1) is 0 Å². The predicted octanol–water partition coefficient (Wildman–Crippen LogP) is 6.55. The SMILES string of the molecule is CCN(CC)c1ccc(N2C(=O)C(=O)/C(=C(/O)c3cc(Cl)c(OC)c(Cl)c3OC)C2c2ccc(N(C)C)cc2)cc1.